The second kappa shape index (κ2) is 3.10. The molecule has 2 N–H and O–H groups in total. The SMILES string of the molecule is COc1cccc(C(=O)C2(N)CC2)c1. The van der Waals surface area contributed by atoms with Crippen molar-refractivity contribution in [2.45, 2.75) is 18.4 Å². The van der Waals surface area contributed by atoms with Crippen molar-refractivity contribution in [3.63, 3.8) is 0 Å². The number of methoxy groups -OCH3 is 1. The predicted molar refractivity (Wildman–Crippen MR) is 53.5 cm³/mol. The summed E-state index contributed by atoms with van der Waals surface area (Å²) in [4.78, 5) is 11.8. The van der Waals surface area contributed by atoms with E-state index in [4.69, 9.17) is 10.5 Å². The van der Waals surface area contributed by atoms with Gasteiger partial charge in [-0.3, -0.25) is 4.79 Å². The maximum Gasteiger partial charge on any atom is 0.182 e. The van der Waals surface area contributed by atoms with E-state index in [9.17, 15) is 4.79 Å². The first-order valence-corrected chi connectivity index (χ1v) is 4.63. The lowest BCUT2D eigenvalue weighted by atomic mass is 10.0. The molecule has 2 rings (SSSR count). The molecule has 1 saturated carbocycles. The molecule has 74 valence electrons. The minimum absolute atomic E-state index is 0.0244. The lowest BCUT2D eigenvalue weighted by molar-refractivity contribution is 0.0949. The van der Waals surface area contributed by atoms with Gasteiger partial charge < -0.3 is 10.5 Å². The molecule has 1 aliphatic rings. The fourth-order valence-electron chi connectivity index (χ4n) is 1.41. The third kappa shape index (κ3) is 1.51. The van der Waals surface area contributed by atoms with Crippen LogP contribution in [0.25, 0.3) is 0 Å². The van der Waals surface area contributed by atoms with Crippen molar-refractivity contribution >= 4 is 5.78 Å². The molecule has 0 atom stereocenters. The number of benzene rings is 1. The molecule has 0 spiro atoms. The summed E-state index contributed by atoms with van der Waals surface area (Å²) in [7, 11) is 1.58. The number of nitrogens with two attached hydrogens (primary N) is 1. The molecule has 1 aromatic carbocycles. The van der Waals surface area contributed by atoms with Crippen molar-refractivity contribution in [2.75, 3.05) is 7.11 Å². The first-order chi connectivity index (χ1) is 6.65. The van der Waals surface area contributed by atoms with Gasteiger partial charge >= 0.3 is 0 Å². The van der Waals surface area contributed by atoms with E-state index in [0.717, 1.165) is 12.8 Å². The number of carbonyl (C=O) groups excluding carboxylic acids is 1. The van der Waals surface area contributed by atoms with Crippen LogP contribution >= 0.6 is 0 Å². The van der Waals surface area contributed by atoms with Gasteiger partial charge in [-0.15, -0.1) is 0 Å². The summed E-state index contributed by atoms with van der Waals surface area (Å²) in [6.07, 6.45) is 1.59. The summed E-state index contributed by atoms with van der Waals surface area (Å²) < 4.78 is 5.05. The second-order valence-corrected chi connectivity index (χ2v) is 3.72. The number of rotatable bonds is 3. The van der Waals surface area contributed by atoms with E-state index in [0.29, 0.717) is 11.3 Å². The number of ketones is 1. The average Bonchev–Trinajstić information content (AvgIpc) is 2.97. The fourth-order valence-corrected chi connectivity index (χ4v) is 1.41. The largest absolute Gasteiger partial charge is 0.497 e. The van der Waals surface area contributed by atoms with E-state index in [2.05, 4.69) is 0 Å². The van der Waals surface area contributed by atoms with Crippen molar-refractivity contribution in [1.82, 2.24) is 0 Å². The van der Waals surface area contributed by atoms with Gasteiger partial charge in [0.25, 0.3) is 0 Å². The van der Waals surface area contributed by atoms with Gasteiger partial charge in [0, 0.05) is 5.56 Å². The van der Waals surface area contributed by atoms with Crippen molar-refractivity contribution in [3.8, 4) is 5.75 Å². The van der Waals surface area contributed by atoms with Crippen LogP contribution in [0.3, 0.4) is 0 Å². The zero-order valence-corrected chi connectivity index (χ0v) is 8.12. The Morgan fingerprint density at radius 1 is 1.50 bits per heavy atom. The minimum Gasteiger partial charge on any atom is -0.497 e. The maximum atomic E-state index is 11.8. The molecule has 1 aromatic rings. The topological polar surface area (TPSA) is 52.3 Å². The van der Waals surface area contributed by atoms with Crippen LogP contribution < -0.4 is 10.5 Å². The summed E-state index contributed by atoms with van der Waals surface area (Å²) in [5.74, 6) is 0.719. The van der Waals surface area contributed by atoms with Gasteiger partial charge in [0.2, 0.25) is 0 Å². The van der Waals surface area contributed by atoms with Crippen molar-refractivity contribution < 1.29 is 9.53 Å². The molecule has 0 aromatic heterocycles. The summed E-state index contributed by atoms with van der Waals surface area (Å²) in [6.45, 7) is 0. The van der Waals surface area contributed by atoms with E-state index >= 15 is 0 Å². The smallest absolute Gasteiger partial charge is 0.182 e. The molecule has 0 amide bonds. The third-order valence-electron chi connectivity index (χ3n) is 2.57. The molecule has 0 unspecified atom stereocenters. The Labute approximate surface area is 82.9 Å². The molecular formula is C11H13NO2. The third-order valence-corrected chi connectivity index (χ3v) is 2.57. The fraction of sp³-hybridized carbons (Fsp3) is 0.364. The van der Waals surface area contributed by atoms with Crippen LogP contribution in [-0.4, -0.2) is 18.4 Å². The van der Waals surface area contributed by atoms with E-state index in [1.165, 1.54) is 0 Å². The van der Waals surface area contributed by atoms with Crippen molar-refractivity contribution in [2.24, 2.45) is 5.73 Å². The van der Waals surface area contributed by atoms with Crippen molar-refractivity contribution in [1.29, 1.82) is 0 Å². The number of hydrogen-bond donors (Lipinski definition) is 1. The van der Waals surface area contributed by atoms with Crippen LogP contribution in [0.15, 0.2) is 24.3 Å². The quantitative estimate of drug-likeness (QED) is 0.734. The Bertz CT molecular complexity index is 369. The molecule has 0 aliphatic heterocycles. The molecule has 0 radical (unpaired) electrons. The number of Topliss-reactive ketones (excluding diaryl/α,β-unsaturated/α-hetero) is 1. The molecule has 3 heteroatoms. The number of hydrogen-bond acceptors (Lipinski definition) is 3. The molecule has 3 nitrogen and oxygen atoms in total. The summed E-state index contributed by atoms with van der Waals surface area (Å²) in [6, 6.07) is 7.12. The molecule has 1 aliphatic carbocycles. The van der Waals surface area contributed by atoms with Gasteiger partial charge in [0.15, 0.2) is 5.78 Å². The van der Waals surface area contributed by atoms with E-state index < -0.39 is 5.54 Å². The molecule has 0 saturated heterocycles. The average molecular weight is 191 g/mol. The van der Waals surface area contributed by atoms with Crippen LogP contribution in [-0.2, 0) is 0 Å². The standard InChI is InChI=1S/C11H13NO2/c1-14-9-4-2-3-8(7-9)10(13)11(12)5-6-11/h2-4,7H,5-6,12H2,1H3. The monoisotopic (exact) mass is 191 g/mol. The van der Waals surface area contributed by atoms with Crippen LogP contribution in [0.2, 0.25) is 0 Å². The second-order valence-electron chi connectivity index (χ2n) is 3.72. The normalized spacial score (nSPS) is 17.6. The lowest BCUT2D eigenvalue weighted by Crippen LogP contribution is -2.32. The molecule has 14 heavy (non-hydrogen) atoms. The van der Waals surface area contributed by atoms with Gasteiger partial charge in [0.05, 0.1) is 12.6 Å². The van der Waals surface area contributed by atoms with Gasteiger partial charge in [-0.2, -0.15) is 0 Å². The lowest BCUT2D eigenvalue weighted by Gasteiger charge is -2.08. The van der Waals surface area contributed by atoms with Gasteiger partial charge in [-0.05, 0) is 25.0 Å². The zero-order chi connectivity index (χ0) is 10.2. The summed E-state index contributed by atoms with van der Waals surface area (Å²) in [5.41, 5.74) is 5.88. The van der Waals surface area contributed by atoms with Gasteiger partial charge in [-0.25, -0.2) is 0 Å². The Morgan fingerprint density at radius 2 is 2.21 bits per heavy atom. The minimum atomic E-state index is -0.591. The van der Waals surface area contributed by atoms with Crippen molar-refractivity contribution in [3.05, 3.63) is 29.8 Å². The molecule has 1 fully saturated rings. The van der Waals surface area contributed by atoms with E-state index in [-0.39, 0.29) is 5.78 Å². The highest BCUT2D eigenvalue weighted by Gasteiger charge is 2.45. The highest BCUT2D eigenvalue weighted by Crippen LogP contribution is 2.35. The van der Waals surface area contributed by atoms with Gasteiger partial charge in [0.1, 0.15) is 5.75 Å². The molecule has 0 heterocycles. The van der Waals surface area contributed by atoms with E-state index in [1.807, 2.05) is 6.07 Å². The predicted octanol–water partition coefficient (Wildman–Crippen LogP) is 1.37. The van der Waals surface area contributed by atoms with Crippen LogP contribution in [0, 0.1) is 0 Å². The first-order valence-electron chi connectivity index (χ1n) is 4.63. The van der Waals surface area contributed by atoms with Gasteiger partial charge in [-0.1, -0.05) is 12.1 Å². The van der Waals surface area contributed by atoms with Crippen LogP contribution in [0.4, 0.5) is 0 Å². The Hall–Kier alpha value is -1.35. The van der Waals surface area contributed by atoms with Crippen LogP contribution in [0.5, 0.6) is 5.75 Å². The van der Waals surface area contributed by atoms with E-state index in [1.54, 1.807) is 25.3 Å². The summed E-state index contributed by atoms with van der Waals surface area (Å²) >= 11 is 0. The first kappa shape index (κ1) is 9.21. The molecular weight excluding hydrogens is 178 g/mol. The number of ether oxygens (including phenoxy) is 1. The molecule has 0 bridgehead atoms. The summed E-state index contributed by atoms with van der Waals surface area (Å²) in [5, 5.41) is 0. The Balaban J connectivity index is 2.27. The maximum absolute atomic E-state index is 11.8. The Kier molecular flexibility index (Phi) is 2.04. The number of carbonyl (C=O) groups is 1. The highest BCUT2D eigenvalue weighted by atomic mass is 16.5. The zero-order valence-electron chi connectivity index (χ0n) is 8.12. The Morgan fingerprint density at radius 3 is 2.79 bits per heavy atom. The highest BCUT2D eigenvalue weighted by molar-refractivity contribution is 6.05. The van der Waals surface area contributed by atoms with Crippen LogP contribution in [0.1, 0.15) is 23.2 Å².